The summed E-state index contributed by atoms with van der Waals surface area (Å²) in [6.07, 6.45) is 0. The smallest absolute Gasteiger partial charge is 0.160 e. The maximum absolute atomic E-state index is 6.83. The molecule has 0 aliphatic rings. The third kappa shape index (κ3) is 4.03. The Morgan fingerprint density at radius 3 is 2.00 bits per heavy atom. The summed E-state index contributed by atoms with van der Waals surface area (Å²) in [5.41, 5.74) is 8.86. The van der Waals surface area contributed by atoms with Crippen molar-refractivity contribution in [1.82, 2.24) is 0 Å². The number of thiophene rings is 1. The fourth-order valence-corrected chi connectivity index (χ4v) is 8.99. The lowest BCUT2D eigenvalue weighted by molar-refractivity contribution is 0.668. The molecule has 0 saturated heterocycles. The largest absolute Gasteiger partial charge is 0.456 e. The lowest BCUT2D eigenvalue weighted by atomic mass is 10.0. The topological polar surface area (TPSA) is 29.5 Å². The molecule has 0 atom stereocenters. The maximum Gasteiger partial charge on any atom is 0.160 e. The molecule has 11 aromatic rings. The molecule has 0 fully saturated rings. The van der Waals surface area contributed by atoms with Gasteiger partial charge in [-0.2, -0.15) is 0 Å². The van der Waals surface area contributed by atoms with Crippen LogP contribution in [-0.2, 0) is 0 Å². The first kappa shape index (κ1) is 27.6. The van der Waals surface area contributed by atoms with E-state index in [9.17, 15) is 0 Å². The fraction of sp³-hybridized carbons (Fsp3) is 0. The van der Waals surface area contributed by atoms with Crippen LogP contribution >= 0.6 is 11.3 Å². The van der Waals surface area contributed by atoms with E-state index in [-0.39, 0.29) is 0 Å². The zero-order chi connectivity index (χ0) is 32.8. The first-order valence-corrected chi connectivity index (χ1v) is 17.7. The molecule has 234 valence electrons. The molecule has 0 amide bonds. The molecule has 0 aliphatic heterocycles. The van der Waals surface area contributed by atoms with Gasteiger partial charge in [0.1, 0.15) is 16.7 Å². The Labute approximate surface area is 290 Å². The standard InChI is InChI=1S/C46H27NO2S/c1-2-10-28(11-3-1)29-18-21-31(22-19-29)47(32-23-24-36-41(26-32)48-40-25-20-30-12-4-5-13-33(30)43(36)40)38-27-37-34-14-7-9-17-42(34)50-46(37)44-35-15-6-8-16-39(35)49-45(38)44/h1-27H. The van der Waals surface area contributed by atoms with Crippen LogP contribution in [0.25, 0.3) is 85.9 Å². The third-order valence-corrected chi connectivity index (χ3v) is 11.3. The lowest BCUT2D eigenvalue weighted by Gasteiger charge is -2.26. The first-order valence-electron chi connectivity index (χ1n) is 16.8. The minimum Gasteiger partial charge on any atom is -0.456 e. The molecule has 0 bridgehead atoms. The highest BCUT2D eigenvalue weighted by Gasteiger charge is 2.24. The maximum atomic E-state index is 6.83. The Kier molecular flexibility index (Phi) is 5.83. The van der Waals surface area contributed by atoms with E-state index in [0.717, 1.165) is 60.9 Å². The second-order valence-corrected chi connectivity index (χ2v) is 13.9. The van der Waals surface area contributed by atoms with Crippen molar-refractivity contribution >= 4 is 103 Å². The number of rotatable bonds is 4. The second kappa shape index (κ2) is 10.6. The van der Waals surface area contributed by atoms with E-state index in [2.05, 4.69) is 163 Å². The van der Waals surface area contributed by atoms with Gasteiger partial charge in [-0.3, -0.25) is 0 Å². The molecular formula is C46H27NO2S. The van der Waals surface area contributed by atoms with Crippen molar-refractivity contribution < 1.29 is 8.83 Å². The molecule has 0 spiro atoms. The number of nitrogens with zero attached hydrogens (tertiary/aromatic N) is 1. The molecule has 50 heavy (non-hydrogen) atoms. The Bertz CT molecular complexity index is 3090. The number of para-hydroxylation sites is 1. The van der Waals surface area contributed by atoms with Crippen molar-refractivity contribution in [3.8, 4) is 11.1 Å². The quantitative estimate of drug-likeness (QED) is 0.189. The van der Waals surface area contributed by atoms with E-state index < -0.39 is 0 Å². The van der Waals surface area contributed by atoms with E-state index in [4.69, 9.17) is 8.83 Å². The van der Waals surface area contributed by atoms with E-state index >= 15 is 0 Å². The van der Waals surface area contributed by atoms with Gasteiger partial charge in [-0.15, -0.1) is 11.3 Å². The molecule has 0 aliphatic carbocycles. The van der Waals surface area contributed by atoms with Crippen LogP contribution < -0.4 is 4.90 Å². The molecule has 4 heteroatoms. The average molecular weight is 658 g/mol. The summed E-state index contributed by atoms with van der Waals surface area (Å²) in [4.78, 5) is 2.33. The SMILES string of the molecule is c1ccc(-c2ccc(N(c3ccc4c(c3)oc3ccc5ccccc5c34)c3cc4c5ccccc5sc4c4c3oc3ccccc34)cc2)cc1. The van der Waals surface area contributed by atoms with Crippen LogP contribution in [-0.4, -0.2) is 0 Å². The summed E-state index contributed by atoms with van der Waals surface area (Å²) >= 11 is 1.83. The van der Waals surface area contributed by atoms with E-state index in [1.807, 2.05) is 17.4 Å². The highest BCUT2D eigenvalue weighted by molar-refractivity contribution is 7.26. The van der Waals surface area contributed by atoms with Gasteiger partial charge in [0, 0.05) is 53.5 Å². The van der Waals surface area contributed by atoms with E-state index in [1.54, 1.807) is 0 Å². The van der Waals surface area contributed by atoms with Crippen LogP contribution in [0.3, 0.4) is 0 Å². The Morgan fingerprint density at radius 2 is 1.12 bits per heavy atom. The molecule has 0 saturated carbocycles. The molecule has 0 N–H and O–H groups in total. The van der Waals surface area contributed by atoms with Crippen molar-refractivity contribution in [2.45, 2.75) is 0 Å². The van der Waals surface area contributed by atoms with E-state index in [0.29, 0.717) is 0 Å². The molecule has 0 unspecified atom stereocenters. The van der Waals surface area contributed by atoms with Gasteiger partial charge in [-0.1, -0.05) is 109 Å². The first-order chi connectivity index (χ1) is 24.8. The predicted octanol–water partition coefficient (Wildman–Crippen LogP) is 14.1. The monoisotopic (exact) mass is 657 g/mol. The van der Waals surface area contributed by atoms with Crippen molar-refractivity contribution in [3.05, 3.63) is 164 Å². The van der Waals surface area contributed by atoms with Gasteiger partial charge in [-0.25, -0.2) is 0 Å². The summed E-state index contributed by atoms with van der Waals surface area (Å²) < 4.78 is 15.9. The molecule has 3 aromatic heterocycles. The van der Waals surface area contributed by atoms with Crippen LogP contribution in [0.4, 0.5) is 17.1 Å². The average Bonchev–Trinajstić information content (AvgIpc) is 3.87. The van der Waals surface area contributed by atoms with Gasteiger partial charge in [0.25, 0.3) is 0 Å². The molecular weight excluding hydrogens is 631 g/mol. The minimum atomic E-state index is 0.850. The van der Waals surface area contributed by atoms with Crippen molar-refractivity contribution in [2.75, 3.05) is 4.90 Å². The van der Waals surface area contributed by atoms with Crippen LogP contribution in [0, 0.1) is 0 Å². The van der Waals surface area contributed by atoms with Gasteiger partial charge in [0.15, 0.2) is 5.58 Å². The molecule has 3 nitrogen and oxygen atoms in total. The molecule has 11 rings (SSSR count). The van der Waals surface area contributed by atoms with Crippen molar-refractivity contribution in [3.63, 3.8) is 0 Å². The normalized spacial score (nSPS) is 12.0. The summed E-state index contributed by atoms with van der Waals surface area (Å²) in [6, 6.07) is 58.1. The third-order valence-electron chi connectivity index (χ3n) is 10.0. The summed E-state index contributed by atoms with van der Waals surface area (Å²) in [5, 5.41) is 9.40. The Balaban J connectivity index is 1.21. The molecule has 8 aromatic carbocycles. The highest BCUT2D eigenvalue weighted by Crippen LogP contribution is 2.50. The predicted molar refractivity (Wildman–Crippen MR) is 212 cm³/mol. The zero-order valence-electron chi connectivity index (χ0n) is 26.8. The summed E-state index contributed by atoms with van der Waals surface area (Å²) in [7, 11) is 0. The highest BCUT2D eigenvalue weighted by atomic mass is 32.1. The lowest BCUT2D eigenvalue weighted by Crippen LogP contribution is -2.10. The van der Waals surface area contributed by atoms with Crippen molar-refractivity contribution in [2.24, 2.45) is 0 Å². The molecule has 3 heterocycles. The fourth-order valence-electron chi connectivity index (χ4n) is 7.75. The summed E-state index contributed by atoms with van der Waals surface area (Å²) in [5.74, 6) is 0. The number of furan rings is 2. The van der Waals surface area contributed by atoms with Gasteiger partial charge < -0.3 is 13.7 Å². The van der Waals surface area contributed by atoms with Gasteiger partial charge in [0.05, 0.1) is 11.4 Å². The summed E-state index contributed by atoms with van der Waals surface area (Å²) in [6.45, 7) is 0. The van der Waals surface area contributed by atoms with Crippen LogP contribution in [0.15, 0.2) is 173 Å². The number of benzene rings is 8. The second-order valence-electron chi connectivity index (χ2n) is 12.9. The number of anilines is 3. The number of hydrogen-bond donors (Lipinski definition) is 0. The number of fused-ring (bicyclic) bond motifs is 12. The minimum absolute atomic E-state index is 0.850. The van der Waals surface area contributed by atoms with Gasteiger partial charge in [0.2, 0.25) is 0 Å². The van der Waals surface area contributed by atoms with Crippen molar-refractivity contribution in [1.29, 1.82) is 0 Å². The zero-order valence-corrected chi connectivity index (χ0v) is 27.6. The van der Waals surface area contributed by atoms with Crippen LogP contribution in [0.5, 0.6) is 0 Å². The number of hydrogen-bond acceptors (Lipinski definition) is 4. The van der Waals surface area contributed by atoms with Crippen LogP contribution in [0.1, 0.15) is 0 Å². The Hall–Kier alpha value is -6.36. The molecule has 0 radical (unpaired) electrons. The Morgan fingerprint density at radius 1 is 0.420 bits per heavy atom. The van der Waals surface area contributed by atoms with Gasteiger partial charge in [-0.05, 0) is 70.4 Å². The van der Waals surface area contributed by atoms with Crippen LogP contribution in [0.2, 0.25) is 0 Å². The van der Waals surface area contributed by atoms with Gasteiger partial charge >= 0.3 is 0 Å². The van der Waals surface area contributed by atoms with E-state index in [1.165, 1.54) is 42.1 Å².